The third-order valence-electron chi connectivity index (χ3n) is 2.65. The fourth-order valence-electron chi connectivity index (χ4n) is 1.76. The van der Waals surface area contributed by atoms with E-state index in [4.69, 9.17) is 4.42 Å². The number of likely N-dealkylation sites (N-methyl/N-ethyl adjacent to an activating group) is 2. The summed E-state index contributed by atoms with van der Waals surface area (Å²) in [4.78, 5) is 2.24. The van der Waals surface area contributed by atoms with Crippen LogP contribution >= 0.6 is 0 Å². The van der Waals surface area contributed by atoms with Crippen molar-refractivity contribution in [2.75, 3.05) is 27.2 Å². The monoisotopic (exact) mass is 218 g/mol. The van der Waals surface area contributed by atoms with Crippen LogP contribution in [0.3, 0.4) is 0 Å². The lowest BCUT2D eigenvalue weighted by molar-refractivity contribution is 0.300. The lowest BCUT2D eigenvalue weighted by Crippen LogP contribution is -2.26. The first kappa shape index (κ1) is 11.2. The molecule has 0 aliphatic rings. The van der Waals surface area contributed by atoms with E-state index in [0.29, 0.717) is 0 Å². The topological polar surface area (TPSA) is 28.4 Å². The summed E-state index contributed by atoms with van der Waals surface area (Å²) in [5.41, 5.74) is 0.972. The Morgan fingerprint density at radius 1 is 1.31 bits per heavy atom. The summed E-state index contributed by atoms with van der Waals surface area (Å²) in [6.07, 6.45) is 0. The average molecular weight is 218 g/mol. The molecule has 1 aromatic heterocycles. The van der Waals surface area contributed by atoms with E-state index in [0.717, 1.165) is 31.0 Å². The van der Waals surface area contributed by atoms with E-state index < -0.39 is 0 Å². The lowest BCUT2D eigenvalue weighted by Gasteiger charge is -2.14. The molecule has 0 aliphatic carbocycles. The van der Waals surface area contributed by atoms with Gasteiger partial charge in [-0.15, -0.1) is 0 Å². The zero-order chi connectivity index (χ0) is 11.4. The average Bonchev–Trinajstić information content (AvgIpc) is 2.68. The molecule has 3 heteroatoms. The minimum absolute atomic E-state index is 0.857. The molecule has 0 aliphatic heterocycles. The van der Waals surface area contributed by atoms with Crippen LogP contribution in [0, 0.1) is 0 Å². The van der Waals surface area contributed by atoms with Crippen LogP contribution in [0.25, 0.3) is 11.0 Å². The van der Waals surface area contributed by atoms with Crippen molar-refractivity contribution in [2.45, 2.75) is 6.54 Å². The Balaban J connectivity index is 2.03. The van der Waals surface area contributed by atoms with Crippen molar-refractivity contribution < 1.29 is 4.42 Å². The Morgan fingerprint density at radius 2 is 2.12 bits per heavy atom. The van der Waals surface area contributed by atoms with Crippen LogP contribution in [-0.2, 0) is 6.54 Å². The molecule has 3 nitrogen and oxygen atoms in total. The van der Waals surface area contributed by atoms with Gasteiger partial charge in [0, 0.05) is 18.5 Å². The molecule has 1 heterocycles. The number of hydrogen-bond acceptors (Lipinski definition) is 3. The van der Waals surface area contributed by atoms with Gasteiger partial charge in [-0.1, -0.05) is 18.2 Å². The highest BCUT2D eigenvalue weighted by Gasteiger charge is 2.05. The molecular weight excluding hydrogens is 200 g/mol. The molecule has 0 atom stereocenters. The van der Waals surface area contributed by atoms with Gasteiger partial charge in [0.15, 0.2) is 0 Å². The van der Waals surface area contributed by atoms with Crippen molar-refractivity contribution in [1.29, 1.82) is 0 Å². The van der Waals surface area contributed by atoms with Gasteiger partial charge in [-0.2, -0.15) is 0 Å². The van der Waals surface area contributed by atoms with Gasteiger partial charge in [0.05, 0.1) is 6.54 Å². The SMILES string of the molecule is CNCCN(C)Cc1cc2ccccc2o1. The first-order chi connectivity index (χ1) is 7.79. The Hall–Kier alpha value is -1.32. The van der Waals surface area contributed by atoms with Crippen LogP contribution < -0.4 is 5.32 Å². The van der Waals surface area contributed by atoms with Crippen LogP contribution in [0.1, 0.15) is 5.76 Å². The zero-order valence-corrected chi connectivity index (χ0v) is 9.86. The van der Waals surface area contributed by atoms with E-state index in [1.54, 1.807) is 0 Å². The van der Waals surface area contributed by atoms with E-state index in [-0.39, 0.29) is 0 Å². The molecule has 0 amide bonds. The number of nitrogens with one attached hydrogen (secondary N) is 1. The summed E-state index contributed by atoms with van der Waals surface area (Å²) in [6, 6.07) is 10.2. The second kappa shape index (κ2) is 5.14. The van der Waals surface area contributed by atoms with E-state index in [1.807, 2.05) is 25.2 Å². The van der Waals surface area contributed by atoms with Crippen molar-refractivity contribution in [3.05, 3.63) is 36.1 Å². The highest BCUT2D eigenvalue weighted by Crippen LogP contribution is 2.19. The van der Waals surface area contributed by atoms with Crippen molar-refractivity contribution in [2.24, 2.45) is 0 Å². The maximum Gasteiger partial charge on any atom is 0.134 e. The number of benzene rings is 1. The Bertz CT molecular complexity index is 417. The smallest absolute Gasteiger partial charge is 0.134 e. The van der Waals surface area contributed by atoms with Crippen LogP contribution in [0.2, 0.25) is 0 Å². The second-order valence-electron chi connectivity index (χ2n) is 4.09. The highest BCUT2D eigenvalue weighted by atomic mass is 16.3. The van der Waals surface area contributed by atoms with E-state index >= 15 is 0 Å². The predicted molar refractivity (Wildman–Crippen MR) is 66.5 cm³/mol. The van der Waals surface area contributed by atoms with Crippen molar-refractivity contribution in [1.82, 2.24) is 10.2 Å². The minimum Gasteiger partial charge on any atom is -0.460 e. The summed E-state index contributed by atoms with van der Waals surface area (Å²) in [6.45, 7) is 2.88. The van der Waals surface area contributed by atoms with Gasteiger partial charge in [0.2, 0.25) is 0 Å². The molecule has 2 rings (SSSR count). The molecule has 16 heavy (non-hydrogen) atoms. The summed E-state index contributed by atoms with van der Waals surface area (Å²) >= 11 is 0. The summed E-state index contributed by atoms with van der Waals surface area (Å²) in [7, 11) is 4.07. The van der Waals surface area contributed by atoms with Gasteiger partial charge in [0.25, 0.3) is 0 Å². The van der Waals surface area contributed by atoms with Gasteiger partial charge in [-0.25, -0.2) is 0 Å². The predicted octanol–water partition coefficient (Wildman–Crippen LogP) is 2.08. The van der Waals surface area contributed by atoms with Crippen molar-refractivity contribution in [3.8, 4) is 0 Å². The maximum atomic E-state index is 5.76. The molecule has 0 unspecified atom stereocenters. The number of hydrogen-bond donors (Lipinski definition) is 1. The molecule has 0 saturated heterocycles. The number of nitrogens with zero attached hydrogens (tertiary/aromatic N) is 1. The molecule has 0 spiro atoms. The Kier molecular flexibility index (Phi) is 3.59. The normalized spacial score (nSPS) is 11.4. The molecule has 0 bridgehead atoms. The van der Waals surface area contributed by atoms with Gasteiger partial charge < -0.3 is 9.73 Å². The molecule has 86 valence electrons. The summed E-state index contributed by atoms with van der Waals surface area (Å²) in [5, 5.41) is 4.32. The van der Waals surface area contributed by atoms with Crippen molar-refractivity contribution >= 4 is 11.0 Å². The highest BCUT2D eigenvalue weighted by molar-refractivity contribution is 5.77. The van der Waals surface area contributed by atoms with E-state index in [9.17, 15) is 0 Å². The van der Waals surface area contributed by atoms with Gasteiger partial charge >= 0.3 is 0 Å². The van der Waals surface area contributed by atoms with Gasteiger partial charge in [-0.3, -0.25) is 4.90 Å². The van der Waals surface area contributed by atoms with E-state index in [1.165, 1.54) is 5.39 Å². The Morgan fingerprint density at radius 3 is 2.88 bits per heavy atom. The molecular formula is C13H18N2O. The number of fused-ring (bicyclic) bond motifs is 1. The van der Waals surface area contributed by atoms with Crippen LogP contribution in [-0.4, -0.2) is 32.1 Å². The standard InChI is InChI=1S/C13H18N2O/c1-14-7-8-15(2)10-12-9-11-5-3-4-6-13(11)16-12/h3-6,9,14H,7-8,10H2,1-2H3. The van der Waals surface area contributed by atoms with Crippen LogP contribution in [0.15, 0.2) is 34.7 Å². The fourth-order valence-corrected chi connectivity index (χ4v) is 1.76. The maximum absolute atomic E-state index is 5.76. The molecule has 0 radical (unpaired) electrons. The number of furan rings is 1. The first-order valence-corrected chi connectivity index (χ1v) is 5.60. The summed E-state index contributed by atoms with van der Waals surface area (Å²) < 4.78 is 5.76. The first-order valence-electron chi connectivity index (χ1n) is 5.60. The van der Waals surface area contributed by atoms with Crippen LogP contribution in [0.5, 0.6) is 0 Å². The third-order valence-corrected chi connectivity index (χ3v) is 2.65. The fraction of sp³-hybridized carbons (Fsp3) is 0.385. The molecule has 1 N–H and O–H groups in total. The lowest BCUT2D eigenvalue weighted by atomic mass is 10.2. The largest absolute Gasteiger partial charge is 0.460 e. The van der Waals surface area contributed by atoms with Crippen molar-refractivity contribution in [3.63, 3.8) is 0 Å². The molecule has 0 saturated carbocycles. The van der Waals surface area contributed by atoms with Gasteiger partial charge in [0.1, 0.15) is 11.3 Å². The van der Waals surface area contributed by atoms with E-state index in [2.05, 4.69) is 29.4 Å². The van der Waals surface area contributed by atoms with Gasteiger partial charge in [-0.05, 0) is 26.2 Å². The number of rotatable bonds is 5. The minimum atomic E-state index is 0.857. The molecule has 0 fully saturated rings. The third kappa shape index (κ3) is 2.62. The van der Waals surface area contributed by atoms with Crippen LogP contribution in [0.4, 0.5) is 0 Å². The number of para-hydroxylation sites is 1. The molecule has 1 aromatic carbocycles. The summed E-state index contributed by atoms with van der Waals surface area (Å²) in [5.74, 6) is 1.03. The zero-order valence-electron chi connectivity index (χ0n) is 9.86. The quantitative estimate of drug-likeness (QED) is 0.833. The second-order valence-corrected chi connectivity index (χ2v) is 4.09. The molecule has 2 aromatic rings. The Labute approximate surface area is 96.0 Å².